The van der Waals surface area contributed by atoms with Gasteiger partial charge in [0.2, 0.25) is 0 Å². The Balaban J connectivity index is 0.000000845. The Labute approximate surface area is 85.2 Å². The number of quaternary nitrogens is 1. The highest BCUT2D eigenvalue weighted by atomic mass is 35.5. The van der Waals surface area contributed by atoms with E-state index in [0.29, 0.717) is 6.04 Å². The second-order valence-electron chi connectivity index (χ2n) is 3.41. The molecular formula is C10H15ClN2. The van der Waals surface area contributed by atoms with Crippen molar-refractivity contribution in [3.8, 4) is 0 Å². The molecule has 1 atom stereocenters. The molecule has 2 rings (SSSR count). The lowest BCUT2D eigenvalue weighted by molar-refractivity contribution is -0.704. The molecule has 2 N–H and O–H groups in total. The Morgan fingerprint density at radius 3 is 2.92 bits per heavy atom. The molecule has 1 unspecified atom stereocenters. The van der Waals surface area contributed by atoms with Gasteiger partial charge in [-0.15, -0.1) is 0 Å². The van der Waals surface area contributed by atoms with Gasteiger partial charge in [0.15, 0.2) is 0 Å². The van der Waals surface area contributed by atoms with E-state index in [1.54, 1.807) is 0 Å². The molecule has 1 aliphatic heterocycles. The van der Waals surface area contributed by atoms with Crippen molar-refractivity contribution in [2.24, 2.45) is 0 Å². The highest BCUT2D eigenvalue weighted by Crippen LogP contribution is 2.16. The minimum absolute atomic E-state index is 0. The zero-order valence-electron chi connectivity index (χ0n) is 7.62. The Morgan fingerprint density at radius 1 is 1.38 bits per heavy atom. The van der Waals surface area contributed by atoms with Crippen LogP contribution in [0.25, 0.3) is 0 Å². The van der Waals surface area contributed by atoms with Crippen LogP contribution < -0.4 is 17.7 Å². The molecule has 0 amide bonds. The van der Waals surface area contributed by atoms with Crippen LogP contribution in [-0.2, 0) is 0 Å². The Bertz CT molecular complexity index is 232. The lowest BCUT2D eigenvalue weighted by Crippen LogP contribution is -3.00. The molecule has 2 nitrogen and oxygen atoms in total. The number of nitrogens with zero attached hydrogens (tertiary/aromatic N) is 1. The molecule has 1 fully saturated rings. The molecule has 0 spiro atoms. The second kappa shape index (κ2) is 5.20. The number of rotatable bonds is 1. The van der Waals surface area contributed by atoms with Crippen molar-refractivity contribution in [3.63, 3.8) is 0 Å². The molecule has 1 saturated heterocycles. The SMILES string of the molecule is [Cl-].c1cncc(C2CCCC[NH2+]2)c1. The quantitative estimate of drug-likeness (QED) is 0.549. The van der Waals surface area contributed by atoms with Crippen LogP contribution in [0.4, 0.5) is 0 Å². The number of hydrogen-bond donors (Lipinski definition) is 1. The van der Waals surface area contributed by atoms with E-state index < -0.39 is 0 Å². The van der Waals surface area contributed by atoms with E-state index in [1.807, 2.05) is 18.5 Å². The van der Waals surface area contributed by atoms with Gasteiger partial charge in [-0.2, -0.15) is 0 Å². The van der Waals surface area contributed by atoms with Gasteiger partial charge in [0.05, 0.1) is 6.54 Å². The first-order valence-corrected chi connectivity index (χ1v) is 4.70. The fraction of sp³-hybridized carbons (Fsp3) is 0.500. The molecule has 0 bridgehead atoms. The van der Waals surface area contributed by atoms with Crippen LogP contribution >= 0.6 is 0 Å². The molecule has 1 aromatic rings. The van der Waals surface area contributed by atoms with Gasteiger partial charge < -0.3 is 17.7 Å². The Morgan fingerprint density at radius 2 is 2.31 bits per heavy atom. The van der Waals surface area contributed by atoms with Crippen molar-refractivity contribution in [1.29, 1.82) is 0 Å². The van der Waals surface area contributed by atoms with Gasteiger partial charge in [-0.3, -0.25) is 4.98 Å². The van der Waals surface area contributed by atoms with Gasteiger partial charge in [0.1, 0.15) is 6.04 Å². The lowest BCUT2D eigenvalue weighted by Gasteiger charge is -2.19. The molecule has 1 aliphatic rings. The van der Waals surface area contributed by atoms with Crippen molar-refractivity contribution in [2.45, 2.75) is 25.3 Å². The van der Waals surface area contributed by atoms with Crippen LogP contribution in [0.2, 0.25) is 0 Å². The summed E-state index contributed by atoms with van der Waals surface area (Å²) in [7, 11) is 0. The molecule has 72 valence electrons. The van der Waals surface area contributed by atoms with Gasteiger partial charge in [0.25, 0.3) is 0 Å². The van der Waals surface area contributed by atoms with Gasteiger partial charge >= 0.3 is 0 Å². The number of nitrogens with two attached hydrogens (primary N) is 1. The zero-order chi connectivity index (χ0) is 8.23. The number of piperidine rings is 1. The van der Waals surface area contributed by atoms with E-state index in [-0.39, 0.29) is 12.4 Å². The molecule has 1 aromatic heterocycles. The van der Waals surface area contributed by atoms with E-state index in [9.17, 15) is 0 Å². The molecule has 3 heteroatoms. The third-order valence-electron chi connectivity index (χ3n) is 2.53. The van der Waals surface area contributed by atoms with Crippen molar-refractivity contribution >= 4 is 0 Å². The van der Waals surface area contributed by atoms with Crippen LogP contribution in [0.1, 0.15) is 30.9 Å². The fourth-order valence-electron chi connectivity index (χ4n) is 1.84. The van der Waals surface area contributed by atoms with Crippen LogP contribution in [0.3, 0.4) is 0 Å². The molecular weight excluding hydrogens is 184 g/mol. The maximum absolute atomic E-state index is 4.14. The fourth-order valence-corrected chi connectivity index (χ4v) is 1.84. The smallest absolute Gasteiger partial charge is 0.113 e. The first-order chi connectivity index (χ1) is 5.97. The Hall–Kier alpha value is -0.600. The van der Waals surface area contributed by atoms with E-state index in [2.05, 4.69) is 16.4 Å². The summed E-state index contributed by atoms with van der Waals surface area (Å²) in [6, 6.07) is 4.88. The third kappa shape index (κ3) is 2.68. The summed E-state index contributed by atoms with van der Waals surface area (Å²) >= 11 is 0. The lowest BCUT2D eigenvalue weighted by atomic mass is 9.99. The minimum Gasteiger partial charge on any atom is -1.00 e. The molecule has 13 heavy (non-hydrogen) atoms. The van der Waals surface area contributed by atoms with Gasteiger partial charge in [0, 0.05) is 24.4 Å². The van der Waals surface area contributed by atoms with Gasteiger partial charge in [-0.25, -0.2) is 0 Å². The van der Waals surface area contributed by atoms with Crippen LogP contribution in [0.15, 0.2) is 24.5 Å². The average molecular weight is 199 g/mol. The topological polar surface area (TPSA) is 29.5 Å². The van der Waals surface area contributed by atoms with Crippen LogP contribution in [-0.4, -0.2) is 11.5 Å². The normalized spacial score (nSPS) is 22.0. The molecule has 0 aliphatic carbocycles. The summed E-state index contributed by atoms with van der Waals surface area (Å²) in [5.41, 5.74) is 1.39. The van der Waals surface area contributed by atoms with Crippen molar-refractivity contribution in [1.82, 2.24) is 4.98 Å². The molecule has 0 aromatic carbocycles. The summed E-state index contributed by atoms with van der Waals surface area (Å²) in [4.78, 5) is 4.14. The maximum atomic E-state index is 4.14. The molecule has 2 heterocycles. The van der Waals surface area contributed by atoms with Crippen LogP contribution in [0.5, 0.6) is 0 Å². The summed E-state index contributed by atoms with van der Waals surface area (Å²) in [6.45, 7) is 1.28. The summed E-state index contributed by atoms with van der Waals surface area (Å²) < 4.78 is 0. The average Bonchev–Trinajstić information content (AvgIpc) is 2.21. The molecule has 0 radical (unpaired) electrons. The predicted octanol–water partition coefficient (Wildman–Crippen LogP) is -2.13. The predicted molar refractivity (Wildman–Crippen MR) is 47.6 cm³/mol. The highest BCUT2D eigenvalue weighted by molar-refractivity contribution is 5.11. The van der Waals surface area contributed by atoms with Gasteiger partial charge in [-0.1, -0.05) is 6.07 Å². The summed E-state index contributed by atoms with van der Waals surface area (Å²) in [5, 5.41) is 2.43. The first kappa shape index (κ1) is 10.5. The number of aromatic nitrogens is 1. The number of hydrogen-bond acceptors (Lipinski definition) is 1. The highest BCUT2D eigenvalue weighted by Gasteiger charge is 2.17. The first-order valence-electron chi connectivity index (χ1n) is 4.70. The third-order valence-corrected chi connectivity index (χ3v) is 2.53. The van der Waals surface area contributed by atoms with Gasteiger partial charge in [-0.05, 0) is 18.9 Å². The molecule has 0 saturated carbocycles. The zero-order valence-corrected chi connectivity index (χ0v) is 8.37. The summed E-state index contributed by atoms with van der Waals surface area (Å²) in [5.74, 6) is 0. The van der Waals surface area contributed by atoms with Crippen molar-refractivity contribution in [2.75, 3.05) is 6.54 Å². The van der Waals surface area contributed by atoms with E-state index >= 15 is 0 Å². The number of halogens is 1. The van der Waals surface area contributed by atoms with E-state index in [0.717, 1.165) is 0 Å². The second-order valence-corrected chi connectivity index (χ2v) is 3.41. The van der Waals surface area contributed by atoms with Crippen molar-refractivity contribution < 1.29 is 17.7 Å². The number of pyridine rings is 1. The standard InChI is InChI=1S/C10H14N2.ClH/c1-2-7-12-10(5-1)9-4-3-6-11-8-9;/h3-4,6,8,10,12H,1-2,5,7H2;1H. The Kier molecular flexibility index (Phi) is 4.19. The van der Waals surface area contributed by atoms with E-state index in [4.69, 9.17) is 0 Å². The van der Waals surface area contributed by atoms with Crippen LogP contribution in [0, 0.1) is 0 Å². The largest absolute Gasteiger partial charge is 1.00 e. The summed E-state index contributed by atoms with van der Waals surface area (Å²) in [6.07, 6.45) is 7.89. The minimum atomic E-state index is 0. The monoisotopic (exact) mass is 198 g/mol. The van der Waals surface area contributed by atoms with E-state index in [1.165, 1.54) is 31.4 Å². The van der Waals surface area contributed by atoms with Crippen molar-refractivity contribution in [3.05, 3.63) is 30.1 Å². The maximum Gasteiger partial charge on any atom is 0.113 e.